The third-order valence-electron chi connectivity index (χ3n) is 1.31. The maximum atomic E-state index is 10.9. The molecule has 0 saturated carbocycles. The first kappa shape index (κ1) is 11.4. The lowest BCUT2D eigenvalue weighted by molar-refractivity contribution is -0.145. The number of hydrogen-bond donors (Lipinski definition) is 0. The normalized spacial score (nSPS) is 12.2. The van der Waals surface area contributed by atoms with Crippen LogP contribution in [0.2, 0.25) is 0 Å². The molecule has 1 atom stereocenters. The predicted molar refractivity (Wildman–Crippen MR) is 46.2 cm³/mol. The zero-order chi connectivity index (χ0) is 9.56. The molecule has 0 spiro atoms. The number of unbranched alkanes of at least 4 members (excludes halogenated alkanes) is 1. The van der Waals surface area contributed by atoms with Gasteiger partial charge >= 0.3 is 5.97 Å². The lowest BCUT2D eigenvalue weighted by Gasteiger charge is -2.05. The second-order valence-electron chi connectivity index (χ2n) is 2.49. The van der Waals surface area contributed by atoms with Gasteiger partial charge in [0.25, 0.3) is 0 Å². The van der Waals surface area contributed by atoms with Gasteiger partial charge in [-0.3, -0.25) is 4.79 Å². The van der Waals surface area contributed by atoms with Gasteiger partial charge in [0.05, 0.1) is 6.61 Å². The molecule has 0 aromatic heterocycles. The Balaban J connectivity index is 3.65. The molecule has 0 aromatic carbocycles. The minimum atomic E-state index is -1.14. The van der Waals surface area contributed by atoms with Gasteiger partial charge in [-0.15, -0.1) is 11.6 Å². The summed E-state index contributed by atoms with van der Waals surface area (Å²) in [7, 11) is 0. The molecule has 12 heavy (non-hydrogen) atoms. The summed E-state index contributed by atoms with van der Waals surface area (Å²) in [6.07, 6.45) is 1.74. The van der Waals surface area contributed by atoms with Crippen LogP contribution >= 0.6 is 11.6 Å². The Bertz CT molecular complexity index is 168. The minimum absolute atomic E-state index is 0.339. The number of ether oxygens (including phenoxy) is 1. The van der Waals surface area contributed by atoms with Crippen LogP contribution in [0, 0.1) is 0 Å². The Morgan fingerprint density at radius 2 is 2.08 bits per heavy atom. The van der Waals surface area contributed by atoms with Crippen molar-refractivity contribution in [1.29, 1.82) is 0 Å². The molecule has 0 aromatic rings. The summed E-state index contributed by atoms with van der Waals surface area (Å²) in [6, 6.07) is 0. The van der Waals surface area contributed by atoms with E-state index >= 15 is 0 Å². The molecule has 0 aliphatic rings. The molecule has 0 heterocycles. The summed E-state index contributed by atoms with van der Waals surface area (Å²) in [5.41, 5.74) is 0. The van der Waals surface area contributed by atoms with Crippen LogP contribution in [0.3, 0.4) is 0 Å². The summed E-state index contributed by atoms with van der Waals surface area (Å²) in [6.45, 7) is 3.58. The van der Waals surface area contributed by atoms with E-state index in [1.165, 1.54) is 6.92 Å². The Kier molecular flexibility index (Phi) is 5.72. The number of carbonyl (C=O) groups is 2. The molecule has 0 saturated heterocycles. The first-order chi connectivity index (χ1) is 5.59. The van der Waals surface area contributed by atoms with Gasteiger partial charge in [0.15, 0.2) is 11.2 Å². The molecule has 1 unspecified atom stereocenters. The quantitative estimate of drug-likeness (QED) is 0.287. The Labute approximate surface area is 77.0 Å². The van der Waals surface area contributed by atoms with E-state index in [0.717, 1.165) is 12.8 Å². The minimum Gasteiger partial charge on any atom is -0.464 e. The highest BCUT2D eigenvalue weighted by atomic mass is 35.5. The zero-order valence-corrected chi connectivity index (χ0v) is 8.06. The SMILES string of the molecule is CCCCOC(=O)C(Cl)C(C)=O. The second-order valence-corrected chi connectivity index (χ2v) is 2.93. The third kappa shape index (κ3) is 4.34. The lowest BCUT2D eigenvalue weighted by Crippen LogP contribution is -2.24. The van der Waals surface area contributed by atoms with Gasteiger partial charge in [0.1, 0.15) is 0 Å². The molecule has 0 fully saturated rings. The molecular formula is C8H13ClO3. The summed E-state index contributed by atoms with van der Waals surface area (Å²) < 4.78 is 4.71. The molecule has 0 bridgehead atoms. The van der Waals surface area contributed by atoms with Gasteiger partial charge < -0.3 is 4.74 Å². The van der Waals surface area contributed by atoms with Crippen LogP contribution in [0.4, 0.5) is 0 Å². The van der Waals surface area contributed by atoms with Crippen LogP contribution in [0.15, 0.2) is 0 Å². The van der Waals surface area contributed by atoms with Crippen molar-refractivity contribution in [3.05, 3.63) is 0 Å². The van der Waals surface area contributed by atoms with Crippen molar-refractivity contribution in [2.45, 2.75) is 32.1 Å². The van der Waals surface area contributed by atoms with Crippen LogP contribution in [-0.2, 0) is 14.3 Å². The highest BCUT2D eigenvalue weighted by Crippen LogP contribution is 2.01. The molecule has 0 N–H and O–H groups in total. The fraction of sp³-hybridized carbons (Fsp3) is 0.750. The average Bonchev–Trinajstić information content (AvgIpc) is 2.03. The number of ketones is 1. The average molecular weight is 193 g/mol. The molecule has 0 aliphatic heterocycles. The molecule has 3 nitrogen and oxygen atoms in total. The van der Waals surface area contributed by atoms with Crippen molar-refractivity contribution in [2.75, 3.05) is 6.61 Å². The molecule has 4 heteroatoms. The number of carbonyl (C=O) groups excluding carboxylic acids is 2. The molecule has 0 radical (unpaired) electrons. The highest BCUT2D eigenvalue weighted by Gasteiger charge is 2.21. The Hall–Kier alpha value is -0.570. The van der Waals surface area contributed by atoms with Gasteiger partial charge in [-0.1, -0.05) is 13.3 Å². The summed E-state index contributed by atoms with van der Waals surface area (Å²) in [4.78, 5) is 21.5. The van der Waals surface area contributed by atoms with Crippen molar-refractivity contribution in [2.24, 2.45) is 0 Å². The monoisotopic (exact) mass is 192 g/mol. The van der Waals surface area contributed by atoms with Gasteiger partial charge in [0.2, 0.25) is 0 Å². The third-order valence-corrected chi connectivity index (χ3v) is 1.79. The smallest absolute Gasteiger partial charge is 0.331 e. The van der Waals surface area contributed by atoms with Crippen molar-refractivity contribution in [3.63, 3.8) is 0 Å². The van der Waals surface area contributed by atoms with E-state index in [1.54, 1.807) is 0 Å². The van der Waals surface area contributed by atoms with Crippen LogP contribution in [0.5, 0.6) is 0 Å². The van der Waals surface area contributed by atoms with E-state index in [9.17, 15) is 9.59 Å². The predicted octanol–water partition coefficient (Wildman–Crippen LogP) is 1.53. The van der Waals surface area contributed by atoms with Crippen molar-refractivity contribution in [1.82, 2.24) is 0 Å². The number of rotatable bonds is 5. The van der Waals surface area contributed by atoms with Crippen LogP contribution in [0.1, 0.15) is 26.7 Å². The van der Waals surface area contributed by atoms with Crippen molar-refractivity contribution < 1.29 is 14.3 Å². The number of hydrogen-bond acceptors (Lipinski definition) is 3. The van der Waals surface area contributed by atoms with E-state index in [4.69, 9.17) is 16.3 Å². The van der Waals surface area contributed by atoms with E-state index in [2.05, 4.69) is 0 Å². The maximum Gasteiger partial charge on any atom is 0.331 e. The van der Waals surface area contributed by atoms with Crippen LogP contribution in [0.25, 0.3) is 0 Å². The molecule has 0 amide bonds. The highest BCUT2D eigenvalue weighted by molar-refractivity contribution is 6.40. The first-order valence-corrected chi connectivity index (χ1v) is 4.34. The Morgan fingerprint density at radius 3 is 2.50 bits per heavy atom. The van der Waals surface area contributed by atoms with Gasteiger partial charge in [-0.05, 0) is 13.3 Å². The molecule has 70 valence electrons. The summed E-state index contributed by atoms with van der Waals surface area (Å²) in [5, 5.41) is -1.14. The van der Waals surface area contributed by atoms with E-state index in [-0.39, 0.29) is 5.78 Å². The topological polar surface area (TPSA) is 43.4 Å². The van der Waals surface area contributed by atoms with Crippen molar-refractivity contribution in [3.8, 4) is 0 Å². The number of alkyl halides is 1. The summed E-state index contributed by atoms with van der Waals surface area (Å²) in [5.74, 6) is -1.02. The Morgan fingerprint density at radius 1 is 1.50 bits per heavy atom. The second kappa shape index (κ2) is 6.00. The van der Waals surface area contributed by atoms with Crippen LogP contribution in [-0.4, -0.2) is 23.7 Å². The van der Waals surface area contributed by atoms with E-state index in [1.807, 2.05) is 6.92 Å². The maximum absolute atomic E-state index is 10.9. The first-order valence-electron chi connectivity index (χ1n) is 3.90. The number of esters is 1. The largest absolute Gasteiger partial charge is 0.464 e. The molecular weight excluding hydrogens is 180 g/mol. The zero-order valence-electron chi connectivity index (χ0n) is 7.30. The van der Waals surface area contributed by atoms with Crippen molar-refractivity contribution >= 4 is 23.4 Å². The molecule has 0 aliphatic carbocycles. The van der Waals surface area contributed by atoms with E-state index in [0.29, 0.717) is 6.61 Å². The van der Waals surface area contributed by atoms with Gasteiger partial charge in [-0.25, -0.2) is 4.79 Å². The van der Waals surface area contributed by atoms with Crippen LogP contribution < -0.4 is 0 Å². The number of halogens is 1. The summed E-state index contributed by atoms with van der Waals surface area (Å²) >= 11 is 5.42. The van der Waals surface area contributed by atoms with E-state index < -0.39 is 11.3 Å². The number of Topliss-reactive ketones (excluding diaryl/α,β-unsaturated/α-hetero) is 1. The molecule has 0 rings (SSSR count). The standard InChI is InChI=1S/C8H13ClO3/c1-3-4-5-12-8(11)7(9)6(2)10/h7H,3-5H2,1-2H3. The van der Waals surface area contributed by atoms with Gasteiger partial charge in [0, 0.05) is 0 Å². The van der Waals surface area contributed by atoms with Gasteiger partial charge in [-0.2, -0.15) is 0 Å². The fourth-order valence-corrected chi connectivity index (χ4v) is 0.619. The lowest BCUT2D eigenvalue weighted by atomic mass is 10.3. The fourth-order valence-electron chi connectivity index (χ4n) is 0.556.